The average Bonchev–Trinajstić information content (AvgIpc) is 2.86. The van der Waals surface area contributed by atoms with E-state index in [0.29, 0.717) is 25.5 Å². The lowest BCUT2D eigenvalue weighted by Gasteiger charge is -2.51. The molecule has 0 aromatic heterocycles. The highest BCUT2D eigenvalue weighted by Gasteiger charge is 2.49. The van der Waals surface area contributed by atoms with Crippen LogP contribution in [0.5, 0.6) is 0 Å². The molecule has 1 aromatic rings. The minimum atomic E-state index is -1.03. The topological polar surface area (TPSA) is 87.8 Å². The molecule has 4 atom stereocenters. The Balaban J connectivity index is 2.03. The zero-order chi connectivity index (χ0) is 26.1. The molecular formula is C30H51N3O3. The van der Waals surface area contributed by atoms with Gasteiger partial charge in [0.1, 0.15) is 0 Å². The third-order valence-corrected chi connectivity index (χ3v) is 8.77. The van der Waals surface area contributed by atoms with Crippen molar-refractivity contribution in [3.63, 3.8) is 0 Å². The molecule has 204 valence electrons. The number of hydrogen-bond donors (Lipinski definition) is 3. The quantitative estimate of drug-likeness (QED) is 0.340. The standard InChI is InChI=1S/C30H51N3O3/c1-22-17-23(2)19-26(18-22)30(35,14-8-9-16-36-4)27-13-10-15-33(29(31)34)28(27)25(21-32-3)20-24-11-6-5-7-12-24/h17-19,24-25,27-28,32,35H,5-16,20-21H2,1-4H3,(H2,31,34)/t25-,27?,28?,30+/m0/s1. The molecule has 2 aliphatic rings. The summed E-state index contributed by atoms with van der Waals surface area (Å²) in [7, 11) is 3.73. The van der Waals surface area contributed by atoms with Gasteiger partial charge < -0.3 is 25.8 Å². The van der Waals surface area contributed by atoms with E-state index in [1.165, 1.54) is 32.1 Å². The maximum absolute atomic E-state index is 12.8. The molecule has 0 radical (unpaired) electrons. The number of carbonyl (C=O) groups is 1. The van der Waals surface area contributed by atoms with Crippen LogP contribution in [0.1, 0.15) is 87.3 Å². The van der Waals surface area contributed by atoms with Gasteiger partial charge in [0.2, 0.25) is 0 Å². The van der Waals surface area contributed by atoms with Crippen molar-refractivity contribution in [2.45, 2.75) is 96.1 Å². The number of aryl methyl sites for hydroxylation is 2. The van der Waals surface area contributed by atoms with E-state index < -0.39 is 5.60 Å². The van der Waals surface area contributed by atoms with E-state index in [0.717, 1.165) is 55.3 Å². The van der Waals surface area contributed by atoms with Gasteiger partial charge in [-0.25, -0.2) is 4.79 Å². The SMILES string of the molecule is CNC[C@H](CC1CCCCC1)C1C([C@@](O)(CCCCOC)c2cc(C)cc(C)c2)CCCN1C(N)=O. The lowest BCUT2D eigenvalue weighted by molar-refractivity contribution is -0.0936. The first-order valence-electron chi connectivity index (χ1n) is 14.3. The molecule has 0 bridgehead atoms. The summed E-state index contributed by atoms with van der Waals surface area (Å²) >= 11 is 0. The van der Waals surface area contributed by atoms with Gasteiger partial charge in [0.15, 0.2) is 0 Å². The summed E-state index contributed by atoms with van der Waals surface area (Å²) in [5.74, 6) is 0.877. The van der Waals surface area contributed by atoms with Crippen LogP contribution in [0, 0.1) is 31.6 Å². The molecule has 4 N–H and O–H groups in total. The molecule has 6 nitrogen and oxygen atoms in total. The van der Waals surface area contributed by atoms with Gasteiger partial charge in [-0.15, -0.1) is 0 Å². The fourth-order valence-corrected chi connectivity index (χ4v) is 7.25. The predicted octanol–water partition coefficient (Wildman–Crippen LogP) is 5.27. The summed E-state index contributed by atoms with van der Waals surface area (Å²) in [5, 5.41) is 16.1. The smallest absolute Gasteiger partial charge is 0.315 e. The van der Waals surface area contributed by atoms with Crippen molar-refractivity contribution in [1.29, 1.82) is 0 Å². The lowest BCUT2D eigenvalue weighted by atomic mass is 9.65. The fraction of sp³-hybridized carbons (Fsp3) is 0.767. The number of nitrogens with two attached hydrogens (primary N) is 1. The van der Waals surface area contributed by atoms with Crippen LogP contribution in [0.2, 0.25) is 0 Å². The van der Waals surface area contributed by atoms with Crippen molar-refractivity contribution < 1.29 is 14.6 Å². The van der Waals surface area contributed by atoms with Gasteiger partial charge in [-0.1, -0.05) is 61.4 Å². The normalized spacial score (nSPS) is 23.9. The van der Waals surface area contributed by atoms with E-state index in [2.05, 4.69) is 37.4 Å². The molecule has 1 saturated heterocycles. The second kappa shape index (κ2) is 13.8. The lowest BCUT2D eigenvalue weighted by Crippen LogP contribution is -2.60. The van der Waals surface area contributed by atoms with Crippen molar-refractivity contribution in [3.05, 3.63) is 34.9 Å². The number of amides is 2. The number of benzene rings is 1. The first-order valence-corrected chi connectivity index (χ1v) is 14.3. The number of nitrogens with one attached hydrogen (secondary N) is 1. The molecule has 6 heteroatoms. The molecule has 3 rings (SSSR count). The molecule has 2 unspecified atom stereocenters. The van der Waals surface area contributed by atoms with Crippen LogP contribution < -0.4 is 11.1 Å². The first-order chi connectivity index (χ1) is 17.3. The number of likely N-dealkylation sites (tertiary alicyclic amines) is 1. The fourth-order valence-electron chi connectivity index (χ4n) is 7.25. The number of aliphatic hydroxyl groups is 1. The van der Waals surface area contributed by atoms with E-state index in [9.17, 15) is 9.90 Å². The number of nitrogens with zero attached hydrogens (tertiary/aromatic N) is 1. The monoisotopic (exact) mass is 501 g/mol. The second-order valence-corrected chi connectivity index (χ2v) is 11.6. The number of unbranched alkanes of at least 4 members (excludes halogenated alkanes) is 1. The Hall–Kier alpha value is -1.63. The number of methoxy groups -OCH3 is 1. The molecule has 2 amide bonds. The number of hydrogen-bond acceptors (Lipinski definition) is 4. The highest BCUT2D eigenvalue weighted by Crippen LogP contribution is 2.46. The van der Waals surface area contributed by atoms with Gasteiger partial charge in [0.05, 0.1) is 5.60 Å². The summed E-state index contributed by atoms with van der Waals surface area (Å²) in [6, 6.07) is 6.03. The minimum absolute atomic E-state index is 0.0653. The van der Waals surface area contributed by atoms with Crippen LogP contribution in [-0.2, 0) is 10.3 Å². The average molecular weight is 502 g/mol. The Labute approximate surface area is 219 Å². The molecule has 2 fully saturated rings. The third kappa shape index (κ3) is 7.23. The second-order valence-electron chi connectivity index (χ2n) is 11.6. The maximum Gasteiger partial charge on any atom is 0.315 e. The van der Waals surface area contributed by atoms with Gasteiger partial charge in [-0.3, -0.25) is 0 Å². The van der Waals surface area contributed by atoms with E-state index in [1.807, 2.05) is 11.9 Å². The first kappa shape index (κ1) is 28.9. The maximum atomic E-state index is 12.8. The Bertz CT molecular complexity index is 805. The number of piperidine rings is 1. The van der Waals surface area contributed by atoms with Crippen LogP contribution in [0.15, 0.2) is 18.2 Å². The van der Waals surface area contributed by atoms with Crippen molar-refractivity contribution in [2.75, 3.05) is 33.9 Å². The van der Waals surface area contributed by atoms with Gasteiger partial charge in [-0.2, -0.15) is 0 Å². The number of carbonyl (C=O) groups excluding carboxylic acids is 1. The molecule has 1 aromatic carbocycles. The molecule has 1 heterocycles. The van der Waals surface area contributed by atoms with Gasteiger partial charge in [-0.05, 0) is 83.4 Å². The van der Waals surface area contributed by atoms with Crippen LogP contribution >= 0.6 is 0 Å². The van der Waals surface area contributed by atoms with E-state index in [1.54, 1.807) is 7.11 Å². The van der Waals surface area contributed by atoms with Crippen molar-refractivity contribution in [2.24, 2.45) is 23.5 Å². The Morgan fingerprint density at radius 3 is 2.44 bits per heavy atom. The number of urea groups is 1. The van der Waals surface area contributed by atoms with Crippen LogP contribution in [-0.4, -0.2) is 55.9 Å². The Morgan fingerprint density at radius 1 is 1.14 bits per heavy atom. The van der Waals surface area contributed by atoms with Crippen LogP contribution in [0.3, 0.4) is 0 Å². The Morgan fingerprint density at radius 2 is 1.83 bits per heavy atom. The highest BCUT2D eigenvalue weighted by molar-refractivity contribution is 5.72. The van der Waals surface area contributed by atoms with E-state index in [-0.39, 0.29) is 23.9 Å². The molecular weight excluding hydrogens is 450 g/mol. The molecule has 36 heavy (non-hydrogen) atoms. The number of primary amides is 1. The molecule has 1 aliphatic heterocycles. The molecule has 0 spiro atoms. The van der Waals surface area contributed by atoms with Gasteiger partial charge in [0.25, 0.3) is 0 Å². The van der Waals surface area contributed by atoms with Gasteiger partial charge in [0, 0.05) is 32.2 Å². The zero-order valence-electron chi connectivity index (χ0n) is 23.2. The zero-order valence-corrected chi connectivity index (χ0v) is 23.2. The van der Waals surface area contributed by atoms with Crippen LogP contribution in [0.25, 0.3) is 0 Å². The summed E-state index contributed by atoms with van der Waals surface area (Å²) < 4.78 is 5.31. The highest BCUT2D eigenvalue weighted by atomic mass is 16.5. The van der Waals surface area contributed by atoms with E-state index in [4.69, 9.17) is 10.5 Å². The van der Waals surface area contributed by atoms with Crippen LogP contribution in [0.4, 0.5) is 4.79 Å². The summed E-state index contributed by atoms with van der Waals surface area (Å²) in [4.78, 5) is 14.7. The number of ether oxygens (including phenoxy) is 1. The molecule has 1 aliphatic carbocycles. The minimum Gasteiger partial charge on any atom is -0.385 e. The summed E-state index contributed by atoms with van der Waals surface area (Å²) in [6.45, 7) is 6.39. The van der Waals surface area contributed by atoms with Gasteiger partial charge >= 0.3 is 6.03 Å². The third-order valence-electron chi connectivity index (χ3n) is 8.77. The van der Waals surface area contributed by atoms with Crippen molar-refractivity contribution in [1.82, 2.24) is 10.2 Å². The molecule has 1 saturated carbocycles. The largest absolute Gasteiger partial charge is 0.385 e. The van der Waals surface area contributed by atoms with Crippen molar-refractivity contribution in [3.8, 4) is 0 Å². The number of rotatable bonds is 12. The summed E-state index contributed by atoms with van der Waals surface area (Å²) in [5.41, 5.74) is 8.31. The Kier molecular flexibility index (Phi) is 11.1. The van der Waals surface area contributed by atoms with E-state index >= 15 is 0 Å². The predicted molar refractivity (Wildman–Crippen MR) is 147 cm³/mol. The summed E-state index contributed by atoms with van der Waals surface area (Å²) in [6.07, 6.45) is 11.8. The van der Waals surface area contributed by atoms with Crippen molar-refractivity contribution >= 4 is 6.03 Å².